The third-order valence-electron chi connectivity index (χ3n) is 5.47. The average Bonchev–Trinajstić information content (AvgIpc) is 2.95. The Morgan fingerprint density at radius 3 is 2.25 bits per heavy atom. The predicted octanol–water partition coefficient (Wildman–Crippen LogP) is 5.32. The Hall–Kier alpha value is -5.09. The summed E-state index contributed by atoms with van der Waals surface area (Å²) in [5.41, 5.74) is 5.14. The lowest BCUT2D eigenvalue weighted by molar-refractivity contribution is -0.136. The molecule has 0 aliphatic heterocycles. The van der Waals surface area contributed by atoms with Crippen molar-refractivity contribution in [1.82, 2.24) is 5.43 Å². The van der Waals surface area contributed by atoms with E-state index in [0.717, 1.165) is 10.0 Å². The highest BCUT2D eigenvalue weighted by Gasteiger charge is 2.18. The third kappa shape index (κ3) is 7.71. The highest BCUT2D eigenvalue weighted by Crippen LogP contribution is 2.19. The topological polar surface area (TPSA) is 126 Å². The minimum absolute atomic E-state index is 0.171. The number of aryl methyl sites for hydroxylation is 1. The Bertz CT molecular complexity index is 1580. The van der Waals surface area contributed by atoms with E-state index in [2.05, 4.69) is 37.1 Å². The number of para-hydroxylation sites is 1. The number of amides is 3. The van der Waals surface area contributed by atoms with Crippen LogP contribution >= 0.6 is 15.9 Å². The van der Waals surface area contributed by atoms with Gasteiger partial charge in [0.05, 0.1) is 23.0 Å². The predicted molar refractivity (Wildman–Crippen MR) is 155 cm³/mol. The van der Waals surface area contributed by atoms with Gasteiger partial charge in [-0.25, -0.2) is 10.2 Å². The molecule has 4 rings (SSSR count). The van der Waals surface area contributed by atoms with Gasteiger partial charge >= 0.3 is 17.8 Å². The van der Waals surface area contributed by atoms with Gasteiger partial charge in [-0.1, -0.05) is 51.8 Å². The number of benzene rings is 4. The van der Waals surface area contributed by atoms with Crippen LogP contribution in [0.4, 0.5) is 11.4 Å². The first-order valence-corrected chi connectivity index (χ1v) is 12.8. The summed E-state index contributed by atoms with van der Waals surface area (Å²) in [6, 6.07) is 26.8. The van der Waals surface area contributed by atoms with Gasteiger partial charge in [0, 0.05) is 10.2 Å². The van der Waals surface area contributed by atoms with Crippen LogP contribution in [0.3, 0.4) is 0 Å². The number of hydrogen-bond donors (Lipinski definition) is 3. The molecule has 0 heterocycles. The Kier molecular flexibility index (Phi) is 9.16. The first kappa shape index (κ1) is 27.9. The van der Waals surface area contributed by atoms with Gasteiger partial charge < -0.3 is 15.4 Å². The molecule has 0 saturated heterocycles. The van der Waals surface area contributed by atoms with Crippen molar-refractivity contribution in [3.8, 4) is 5.75 Å². The van der Waals surface area contributed by atoms with Crippen molar-refractivity contribution >= 4 is 57.2 Å². The molecule has 0 spiro atoms. The highest BCUT2D eigenvalue weighted by atomic mass is 79.9. The molecule has 0 aliphatic rings. The zero-order valence-corrected chi connectivity index (χ0v) is 22.8. The molecule has 10 heteroatoms. The fourth-order valence-electron chi connectivity index (χ4n) is 3.42. The SMILES string of the molecule is Cc1ccc(NC(=O)c2ccccc2NC(=O)C(=O)NN=Cc2ccc(OC(=O)c3cccc(Br)c3)cc2)cc1. The maximum atomic E-state index is 12.8. The van der Waals surface area contributed by atoms with E-state index in [1.165, 1.54) is 18.3 Å². The fourth-order valence-corrected chi connectivity index (χ4v) is 3.82. The highest BCUT2D eigenvalue weighted by molar-refractivity contribution is 9.10. The minimum atomic E-state index is -1.02. The second kappa shape index (κ2) is 13.1. The Morgan fingerprint density at radius 1 is 0.800 bits per heavy atom. The molecule has 3 N–H and O–H groups in total. The largest absolute Gasteiger partial charge is 0.423 e. The molecule has 0 unspecified atom stereocenters. The summed E-state index contributed by atoms with van der Waals surface area (Å²) in [7, 11) is 0. The molecule has 0 fully saturated rings. The van der Waals surface area contributed by atoms with E-state index < -0.39 is 23.7 Å². The molecule has 0 aromatic heterocycles. The number of anilines is 2. The zero-order valence-electron chi connectivity index (χ0n) is 21.2. The van der Waals surface area contributed by atoms with Gasteiger partial charge in [0.1, 0.15) is 5.75 Å². The van der Waals surface area contributed by atoms with Crippen LogP contribution in [-0.4, -0.2) is 29.9 Å². The van der Waals surface area contributed by atoms with Crippen molar-refractivity contribution in [3.05, 3.63) is 124 Å². The lowest BCUT2D eigenvalue weighted by Gasteiger charge is -2.11. The number of carbonyl (C=O) groups is 4. The number of halogens is 1. The van der Waals surface area contributed by atoms with Crippen molar-refractivity contribution < 1.29 is 23.9 Å². The van der Waals surface area contributed by atoms with Crippen LogP contribution in [0, 0.1) is 6.92 Å². The van der Waals surface area contributed by atoms with Crippen LogP contribution in [-0.2, 0) is 9.59 Å². The lowest BCUT2D eigenvalue weighted by Crippen LogP contribution is -2.33. The first-order chi connectivity index (χ1) is 19.3. The molecule has 0 aliphatic carbocycles. The minimum Gasteiger partial charge on any atom is -0.423 e. The van der Waals surface area contributed by atoms with Gasteiger partial charge in [0.15, 0.2) is 0 Å². The van der Waals surface area contributed by atoms with E-state index in [-0.39, 0.29) is 11.3 Å². The van der Waals surface area contributed by atoms with Crippen LogP contribution in [0.25, 0.3) is 0 Å². The normalized spacial score (nSPS) is 10.6. The monoisotopic (exact) mass is 598 g/mol. The molecule has 0 atom stereocenters. The zero-order chi connectivity index (χ0) is 28.5. The number of hydrogen-bond acceptors (Lipinski definition) is 6. The molecule has 3 amide bonds. The van der Waals surface area contributed by atoms with E-state index in [9.17, 15) is 19.2 Å². The molecule has 0 saturated carbocycles. The summed E-state index contributed by atoms with van der Waals surface area (Å²) in [6.45, 7) is 1.94. The second-order valence-electron chi connectivity index (χ2n) is 8.49. The number of carbonyl (C=O) groups excluding carboxylic acids is 4. The summed E-state index contributed by atoms with van der Waals surface area (Å²) in [5.74, 6) is -2.64. The summed E-state index contributed by atoms with van der Waals surface area (Å²) >= 11 is 3.31. The number of nitrogens with zero attached hydrogens (tertiary/aromatic N) is 1. The van der Waals surface area contributed by atoms with E-state index in [1.807, 2.05) is 19.1 Å². The summed E-state index contributed by atoms with van der Waals surface area (Å²) in [5, 5.41) is 9.00. The lowest BCUT2D eigenvalue weighted by atomic mass is 10.1. The van der Waals surface area contributed by atoms with Gasteiger partial charge in [-0.2, -0.15) is 5.10 Å². The quantitative estimate of drug-likeness (QED) is 0.0872. The van der Waals surface area contributed by atoms with Crippen molar-refractivity contribution in [1.29, 1.82) is 0 Å². The molecule has 4 aromatic carbocycles. The fraction of sp³-hybridized carbons (Fsp3) is 0.0333. The Morgan fingerprint density at radius 2 is 1.52 bits per heavy atom. The average molecular weight is 599 g/mol. The van der Waals surface area contributed by atoms with Crippen molar-refractivity contribution in [3.63, 3.8) is 0 Å². The Balaban J connectivity index is 1.30. The molecule has 40 heavy (non-hydrogen) atoms. The molecular weight excluding hydrogens is 576 g/mol. The summed E-state index contributed by atoms with van der Waals surface area (Å²) < 4.78 is 6.11. The van der Waals surface area contributed by atoms with Crippen molar-refractivity contribution in [2.24, 2.45) is 5.10 Å². The van der Waals surface area contributed by atoms with Gasteiger partial charge in [-0.05, 0) is 79.2 Å². The standard InChI is InChI=1S/C30H23BrN4O5/c1-19-9-13-23(14-10-19)33-27(36)25-7-2-3-8-26(25)34-28(37)29(38)35-32-18-20-11-15-24(16-12-20)40-30(39)21-5-4-6-22(31)17-21/h2-18H,1H3,(H,33,36)(H,34,37)(H,35,38). The van der Waals surface area contributed by atoms with Crippen LogP contribution in [0.2, 0.25) is 0 Å². The van der Waals surface area contributed by atoms with E-state index in [0.29, 0.717) is 22.6 Å². The maximum absolute atomic E-state index is 12.8. The van der Waals surface area contributed by atoms with E-state index in [4.69, 9.17) is 4.74 Å². The van der Waals surface area contributed by atoms with Crippen molar-refractivity contribution in [2.45, 2.75) is 6.92 Å². The van der Waals surface area contributed by atoms with E-state index >= 15 is 0 Å². The van der Waals surface area contributed by atoms with Crippen LogP contribution in [0.15, 0.2) is 107 Å². The number of nitrogens with one attached hydrogen (secondary N) is 3. The Labute approximate surface area is 238 Å². The van der Waals surface area contributed by atoms with Crippen LogP contribution in [0.1, 0.15) is 31.8 Å². The van der Waals surface area contributed by atoms with Gasteiger partial charge in [-0.3, -0.25) is 14.4 Å². The second-order valence-corrected chi connectivity index (χ2v) is 9.40. The number of ether oxygens (including phenoxy) is 1. The molecular formula is C30H23BrN4O5. The van der Waals surface area contributed by atoms with Crippen LogP contribution < -0.4 is 20.8 Å². The van der Waals surface area contributed by atoms with Gasteiger partial charge in [0.25, 0.3) is 5.91 Å². The number of rotatable bonds is 7. The summed E-state index contributed by atoms with van der Waals surface area (Å²) in [4.78, 5) is 49.7. The first-order valence-electron chi connectivity index (χ1n) is 12.0. The van der Waals surface area contributed by atoms with Gasteiger partial charge in [0.2, 0.25) is 0 Å². The smallest absolute Gasteiger partial charge is 0.343 e. The maximum Gasteiger partial charge on any atom is 0.343 e. The van der Waals surface area contributed by atoms with Crippen LogP contribution in [0.5, 0.6) is 5.75 Å². The molecule has 200 valence electrons. The molecule has 9 nitrogen and oxygen atoms in total. The number of esters is 1. The number of hydrazone groups is 1. The molecule has 0 bridgehead atoms. The molecule has 0 radical (unpaired) electrons. The van der Waals surface area contributed by atoms with Crippen molar-refractivity contribution in [2.75, 3.05) is 10.6 Å². The van der Waals surface area contributed by atoms with E-state index in [1.54, 1.807) is 72.8 Å². The summed E-state index contributed by atoms with van der Waals surface area (Å²) in [6.07, 6.45) is 1.33. The van der Waals surface area contributed by atoms with Gasteiger partial charge in [-0.15, -0.1) is 0 Å². The molecule has 4 aromatic rings. The third-order valence-corrected chi connectivity index (χ3v) is 5.96.